The second-order valence-corrected chi connectivity index (χ2v) is 6.81. The van der Waals surface area contributed by atoms with Crippen LogP contribution in [0.4, 0.5) is 17.6 Å². The number of nitrogens with zero attached hydrogens (tertiary/aromatic N) is 1. The standard InChI is InChI=1S/C14H21NO.C11H8F4.C3H8/c1-5-8-9-10-13(4)16-12-14(7-3)15-11-6-2;1-3-7(2)9-5-4-8(12)6-10(9)11(13,14)15;1-3-2/h5,7-11H,1,6,12H2,2-4H3;3-6H,1-2H2;3H2,1-2H3/b9-8-,13-10+,14-7-,15-11?;;. The van der Waals surface area contributed by atoms with Crippen molar-refractivity contribution in [1.29, 1.82) is 0 Å². The van der Waals surface area contributed by atoms with E-state index in [1.165, 1.54) is 12.5 Å². The first-order valence-corrected chi connectivity index (χ1v) is 11.0. The number of ether oxygens (including phenoxy) is 1. The highest BCUT2D eigenvalue weighted by Gasteiger charge is 2.33. The van der Waals surface area contributed by atoms with Gasteiger partial charge in [-0.25, -0.2) is 4.39 Å². The molecule has 1 aromatic rings. The molecule has 0 bridgehead atoms. The molecule has 0 aromatic heterocycles. The maximum Gasteiger partial charge on any atom is 0.417 e. The van der Waals surface area contributed by atoms with E-state index >= 15 is 0 Å². The quantitative estimate of drug-likeness (QED) is 0.150. The fourth-order valence-electron chi connectivity index (χ4n) is 2.05. The molecule has 0 atom stereocenters. The van der Waals surface area contributed by atoms with Crippen LogP contribution in [0.3, 0.4) is 0 Å². The minimum atomic E-state index is -4.59. The van der Waals surface area contributed by atoms with Gasteiger partial charge >= 0.3 is 6.18 Å². The van der Waals surface area contributed by atoms with Crippen LogP contribution in [0.1, 0.15) is 58.6 Å². The Labute approximate surface area is 202 Å². The van der Waals surface area contributed by atoms with E-state index in [0.717, 1.165) is 30.0 Å². The Bertz CT molecular complexity index is 875. The van der Waals surface area contributed by atoms with Crippen LogP contribution in [0.25, 0.3) is 5.57 Å². The van der Waals surface area contributed by atoms with Gasteiger partial charge in [-0.2, -0.15) is 13.2 Å². The lowest BCUT2D eigenvalue weighted by Gasteiger charge is -2.12. The molecule has 0 heterocycles. The van der Waals surface area contributed by atoms with Crippen LogP contribution < -0.4 is 0 Å². The molecule has 0 spiro atoms. The smallest absolute Gasteiger partial charge is 0.417 e. The van der Waals surface area contributed by atoms with E-state index in [-0.39, 0.29) is 11.1 Å². The molecule has 0 aliphatic rings. The van der Waals surface area contributed by atoms with Gasteiger partial charge in [-0.15, -0.1) is 0 Å². The van der Waals surface area contributed by atoms with Crippen molar-refractivity contribution in [3.8, 4) is 0 Å². The third-order valence-corrected chi connectivity index (χ3v) is 3.68. The second kappa shape index (κ2) is 19.3. The predicted molar refractivity (Wildman–Crippen MR) is 138 cm³/mol. The van der Waals surface area contributed by atoms with E-state index in [2.05, 4.69) is 45.5 Å². The van der Waals surface area contributed by atoms with Gasteiger partial charge in [0, 0.05) is 6.21 Å². The zero-order valence-electron chi connectivity index (χ0n) is 20.9. The van der Waals surface area contributed by atoms with Crippen molar-refractivity contribution in [2.45, 2.75) is 53.6 Å². The maximum absolute atomic E-state index is 12.7. The average molecular weight is 480 g/mol. The molecular formula is C28H37F4NO. The largest absolute Gasteiger partial charge is 0.492 e. The summed E-state index contributed by atoms with van der Waals surface area (Å²) in [4.78, 5) is 4.28. The Morgan fingerprint density at radius 2 is 1.74 bits per heavy atom. The van der Waals surface area contributed by atoms with E-state index in [1.807, 2.05) is 44.4 Å². The molecule has 0 unspecified atom stereocenters. The number of allylic oxidation sites excluding steroid dienone is 8. The molecule has 0 saturated heterocycles. The number of hydrogen-bond donors (Lipinski definition) is 0. The Morgan fingerprint density at radius 3 is 2.21 bits per heavy atom. The number of benzene rings is 1. The minimum Gasteiger partial charge on any atom is -0.492 e. The van der Waals surface area contributed by atoms with Crippen LogP contribution in [0.2, 0.25) is 0 Å². The van der Waals surface area contributed by atoms with E-state index in [1.54, 1.807) is 6.08 Å². The van der Waals surface area contributed by atoms with Crippen LogP contribution in [0.15, 0.2) is 90.8 Å². The summed E-state index contributed by atoms with van der Waals surface area (Å²) in [6.07, 6.45) is 10.0. The maximum atomic E-state index is 12.7. The van der Waals surface area contributed by atoms with Gasteiger partial charge in [-0.3, -0.25) is 4.99 Å². The third kappa shape index (κ3) is 15.6. The number of rotatable bonds is 9. The van der Waals surface area contributed by atoms with E-state index < -0.39 is 17.6 Å². The normalized spacial score (nSPS) is 11.9. The zero-order chi connectivity index (χ0) is 26.6. The fraction of sp³-hybridized carbons (Fsp3) is 0.321. The number of aliphatic imine (C=N–C) groups is 1. The lowest BCUT2D eigenvalue weighted by Crippen LogP contribution is -2.08. The van der Waals surface area contributed by atoms with Gasteiger partial charge < -0.3 is 4.74 Å². The Hall–Kier alpha value is -3.15. The van der Waals surface area contributed by atoms with Gasteiger partial charge in [-0.1, -0.05) is 83.4 Å². The molecule has 2 nitrogen and oxygen atoms in total. The Kier molecular flexibility index (Phi) is 18.8. The van der Waals surface area contributed by atoms with Crippen molar-refractivity contribution in [2.75, 3.05) is 6.61 Å². The topological polar surface area (TPSA) is 21.6 Å². The summed E-state index contributed by atoms with van der Waals surface area (Å²) in [5.41, 5.74) is -0.129. The summed E-state index contributed by atoms with van der Waals surface area (Å²) in [5, 5.41) is 0. The molecule has 0 amide bonds. The van der Waals surface area contributed by atoms with Crippen LogP contribution in [-0.4, -0.2) is 12.8 Å². The highest BCUT2D eigenvalue weighted by atomic mass is 19.4. The van der Waals surface area contributed by atoms with Crippen LogP contribution in [0.5, 0.6) is 0 Å². The van der Waals surface area contributed by atoms with Crippen molar-refractivity contribution in [3.63, 3.8) is 0 Å². The SMILES string of the molecule is C=C/C=C\C=C(/C)OC/C(=C/C)N=CCC.C=CC(=C)c1ccc(F)cc1C(F)(F)F.CCC. The first-order chi connectivity index (χ1) is 16.0. The van der Waals surface area contributed by atoms with Crippen molar-refractivity contribution in [1.82, 2.24) is 0 Å². The number of alkyl halides is 3. The van der Waals surface area contributed by atoms with Crippen LogP contribution in [-0.2, 0) is 10.9 Å². The van der Waals surface area contributed by atoms with Crippen molar-refractivity contribution in [2.24, 2.45) is 4.99 Å². The number of hydrogen-bond acceptors (Lipinski definition) is 2. The van der Waals surface area contributed by atoms with Crippen molar-refractivity contribution < 1.29 is 22.3 Å². The highest BCUT2D eigenvalue weighted by molar-refractivity contribution is 5.74. The second-order valence-electron chi connectivity index (χ2n) is 6.81. The summed E-state index contributed by atoms with van der Waals surface area (Å²) in [7, 11) is 0. The molecule has 1 aromatic carbocycles. The molecule has 188 valence electrons. The molecule has 6 heteroatoms. The van der Waals surface area contributed by atoms with Crippen LogP contribution in [0, 0.1) is 5.82 Å². The molecule has 0 aliphatic heterocycles. The van der Waals surface area contributed by atoms with Gasteiger partial charge in [0.25, 0.3) is 0 Å². The molecule has 0 radical (unpaired) electrons. The summed E-state index contributed by atoms with van der Waals surface area (Å²) in [5.74, 6) is -0.0629. The van der Waals surface area contributed by atoms with Gasteiger partial charge in [-0.05, 0) is 49.6 Å². The van der Waals surface area contributed by atoms with Gasteiger partial charge in [0.05, 0.1) is 17.0 Å². The minimum absolute atomic E-state index is 0.113. The molecule has 0 aliphatic carbocycles. The van der Waals surface area contributed by atoms with Crippen LogP contribution >= 0.6 is 0 Å². The molecular weight excluding hydrogens is 442 g/mol. The first-order valence-electron chi connectivity index (χ1n) is 11.0. The third-order valence-electron chi connectivity index (χ3n) is 3.68. The monoisotopic (exact) mass is 479 g/mol. The van der Waals surface area contributed by atoms with Gasteiger partial charge in [0.2, 0.25) is 0 Å². The average Bonchev–Trinajstić information content (AvgIpc) is 2.79. The lowest BCUT2D eigenvalue weighted by molar-refractivity contribution is -0.137. The van der Waals surface area contributed by atoms with Crippen molar-refractivity contribution >= 4 is 11.8 Å². The number of halogens is 4. The van der Waals surface area contributed by atoms with Gasteiger partial charge in [0.15, 0.2) is 0 Å². The first kappa shape index (κ1) is 33.0. The van der Waals surface area contributed by atoms with E-state index in [9.17, 15) is 17.6 Å². The fourth-order valence-corrected chi connectivity index (χ4v) is 2.05. The van der Waals surface area contributed by atoms with Crippen molar-refractivity contribution in [3.05, 3.63) is 103 Å². The van der Waals surface area contributed by atoms with E-state index in [4.69, 9.17) is 4.74 Å². The molecule has 34 heavy (non-hydrogen) atoms. The van der Waals surface area contributed by atoms with E-state index in [0.29, 0.717) is 12.7 Å². The summed E-state index contributed by atoms with van der Waals surface area (Å²) < 4.78 is 55.7. The molecule has 1 rings (SSSR count). The molecule has 0 saturated carbocycles. The summed E-state index contributed by atoms with van der Waals surface area (Å²) in [6.45, 7) is 21.0. The van der Waals surface area contributed by atoms with Gasteiger partial charge in [0.1, 0.15) is 12.4 Å². The summed E-state index contributed by atoms with van der Waals surface area (Å²) in [6, 6.07) is 2.45. The summed E-state index contributed by atoms with van der Waals surface area (Å²) >= 11 is 0. The Balaban J connectivity index is 0. The predicted octanol–water partition coefficient (Wildman–Crippen LogP) is 9.49. The highest BCUT2D eigenvalue weighted by Crippen LogP contribution is 2.35. The Morgan fingerprint density at radius 1 is 1.12 bits per heavy atom. The molecule has 0 fully saturated rings. The lowest BCUT2D eigenvalue weighted by atomic mass is 10.0. The molecule has 0 N–H and O–H groups in total. The zero-order valence-corrected chi connectivity index (χ0v) is 20.9.